The van der Waals surface area contributed by atoms with Crippen LogP contribution in [0.15, 0.2) is 58.5 Å². The van der Waals surface area contributed by atoms with Crippen molar-refractivity contribution >= 4 is 23.3 Å². The van der Waals surface area contributed by atoms with Gasteiger partial charge in [0.1, 0.15) is 0 Å². The quantitative estimate of drug-likeness (QED) is 0.0525. The van der Waals surface area contributed by atoms with Crippen LogP contribution in [0.5, 0.6) is 0 Å². The summed E-state index contributed by atoms with van der Waals surface area (Å²) in [6.07, 6.45) is 33.9. The zero-order valence-corrected chi connectivity index (χ0v) is 32.0. The molecule has 2 rings (SSSR count). The van der Waals surface area contributed by atoms with Crippen molar-refractivity contribution in [1.29, 1.82) is 0 Å². The van der Waals surface area contributed by atoms with Gasteiger partial charge in [-0.15, -0.1) is 0 Å². The molecule has 0 N–H and O–H groups in total. The summed E-state index contributed by atoms with van der Waals surface area (Å²) in [6.45, 7) is 11.4. The van der Waals surface area contributed by atoms with E-state index < -0.39 is 0 Å². The van der Waals surface area contributed by atoms with Gasteiger partial charge in [-0.25, -0.2) is 4.99 Å². The number of unbranched alkanes of at least 4 members (excludes halogenated alkanes) is 13. The third-order valence-corrected chi connectivity index (χ3v) is 8.72. The second-order valence-electron chi connectivity index (χ2n) is 13.2. The molecule has 0 heterocycles. The smallest absolute Gasteiger partial charge is 0.0816 e. The molecule has 0 fully saturated rings. The fourth-order valence-corrected chi connectivity index (χ4v) is 5.99. The van der Waals surface area contributed by atoms with Crippen LogP contribution in [-0.2, 0) is 46.1 Å². The molecule has 0 bridgehead atoms. The van der Waals surface area contributed by atoms with Crippen molar-refractivity contribution in [2.75, 3.05) is 0 Å². The summed E-state index contributed by atoms with van der Waals surface area (Å²) in [7, 11) is 0. The molecule has 0 unspecified atom stereocenters. The Hall–Kier alpha value is -1.82. The maximum atomic E-state index is 5.25. The van der Waals surface area contributed by atoms with Gasteiger partial charge in [-0.2, -0.15) is 0 Å². The number of nitrogens with zero attached hydrogens (tertiary/aromatic N) is 2. The van der Waals surface area contributed by atoms with Crippen LogP contribution < -0.4 is 0 Å². The van der Waals surface area contributed by atoms with Gasteiger partial charge in [0.05, 0.1) is 23.3 Å². The van der Waals surface area contributed by atoms with Crippen LogP contribution in [0.25, 0.3) is 0 Å². The van der Waals surface area contributed by atoms with Gasteiger partial charge in [-0.3, -0.25) is 4.99 Å². The van der Waals surface area contributed by atoms with E-state index >= 15 is 0 Å². The summed E-state index contributed by atoms with van der Waals surface area (Å²) in [5, 5.41) is 0. The standard InChI is InChI=1S/C43H68N2.Pd/c1-6-11-16-17-18-19-24-29-41(45-43-34-39(27-22-14-9-4)31-40(35-43)28-23-15-10-5)36-44-42-32-37(25-20-12-7-2)30-38(33-42)26-21-13-8-3;/h24,29-36H,6-23,25-28H2,1-5H3;. The Morgan fingerprint density at radius 3 is 1.30 bits per heavy atom. The van der Waals surface area contributed by atoms with E-state index in [1.165, 1.54) is 131 Å². The van der Waals surface area contributed by atoms with E-state index in [1.54, 1.807) is 0 Å². The molecule has 2 aromatic carbocycles. The normalized spacial score (nSPS) is 12.0. The van der Waals surface area contributed by atoms with Crippen LogP contribution in [0.2, 0.25) is 0 Å². The summed E-state index contributed by atoms with van der Waals surface area (Å²) < 4.78 is 0. The Bertz CT molecular complexity index is 1070. The minimum Gasteiger partial charge on any atom is -0.255 e. The largest absolute Gasteiger partial charge is 0.255 e. The number of hydrogen-bond donors (Lipinski definition) is 0. The minimum atomic E-state index is 0. The molecule has 2 aromatic rings. The number of rotatable bonds is 26. The first-order valence-corrected chi connectivity index (χ1v) is 19.2. The molecule has 0 saturated heterocycles. The van der Waals surface area contributed by atoms with Gasteiger partial charge in [-0.1, -0.05) is 130 Å². The molecule has 0 atom stereocenters. The first-order valence-electron chi connectivity index (χ1n) is 19.2. The Morgan fingerprint density at radius 2 is 0.870 bits per heavy atom. The molecule has 0 aliphatic heterocycles. The third-order valence-electron chi connectivity index (χ3n) is 8.72. The van der Waals surface area contributed by atoms with Crippen LogP contribution in [0.1, 0.15) is 172 Å². The first-order chi connectivity index (χ1) is 22.1. The van der Waals surface area contributed by atoms with E-state index in [9.17, 15) is 0 Å². The molecule has 0 aromatic heterocycles. The third kappa shape index (κ3) is 19.8. The van der Waals surface area contributed by atoms with Gasteiger partial charge in [0.25, 0.3) is 0 Å². The van der Waals surface area contributed by atoms with Gasteiger partial charge < -0.3 is 0 Å². The molecule has 46 heavy (non-hydrogen) atoms. The number of benzene rings is 2. The average molecular weight is 719 g/mol. The van der Waals surface area contributed by atoms with Crippen molar-refractivity contribution in [1.82, 2.24) is 0 Å². The van der Waals surface area contributed by atoms with Crippen molar-refractivity contribution in [3.63, 3.8) is 0 Å². The Kier molecular flexibility index (Phi) is 25.9. The Morgan fingerprint density at radius 1 is 0.478 bits per heavy atom. The van der Waals surface area contributed by atoms with E-state index in [-0.39, 0.29) is 20.4 Å². The molecular weight excluding hydrogens is 651 g/mol. The molecule has 0 saturated carbocycles. The second-order valence-corrected chi connectivity index (χ2v) is 13.2. The number of allylic oxidation sites excluding steroid dienone is 2. The summed E-state index contributed by atoms with van der Waals surface area (Å²) in [6, 6.07) is 14.1. The molecule has 0 aliphatic rings. The van der Waals surface area contributed by atoms with Crippen molar-refractivity contribution in [3.05, 3.63) is 70.8 Å². The molecule has 0 spiro atoms. The molecule has 3 heteroatoms. The van der Waals surface area contributed by atoms with Gasteiger partial charge >= 0.3 is 0 Å². The Balaban J connectivity index is 0.0000106. The van der Waals surface area contributed by atoms with Crippen LogP contribution in [-0.4, -0.2) is 11.9 Å². The summed E-state index contributed by atoms with van der Waals surface area (Å²) in [4.78, 5) is 10.3. The predicted molar refractivity (Wildman–Crippen MR) is 204 cm³/mol. The molecule has 260 valence electrons. The van der Waals surface area contributed by atoms with Crippen molar-refractivity contribution in [2.24, 2.45) is 9.98 Å². The average Bonchev–Trinajstić information content (AvgIpc) is 3.03. The van der Waals surface area contributed by atoms with Crippen molar-refractivity contribution in [3.8, 4) is 0 Å². The zero-order valence-electron chi connectivity index (χ0n) is 30.5. The maximum absolute atomic E-state index is 5.25. The molecule has 2 nitrogen and oxygen atoms in total. The van der Waals surface area contributed by atoms with Crippen LogP contribution in [0.3, 0.4) is 0 Å². The molecule has 0 amide bonds. The maximum Gasteiger partial charge on any atom is 0.0816 e. The van der Waals surface area contributed by atoms with E-state index in [4.69, 9.17) is 9.98 Å². The van der Waals surface area contributed by atoms with Gasteiger partial charge in [0, 0.05) is 20.4 Å². The summed E-state index contributed by atoms with van der Waals surface area (Å²) in [5.74, 6) is 0. The van der Waals surface area contributed by atoms with Crippen molar-refractivity contribution < 1.29 is 20.4 Å². The van der Waals surface area contributed by atoms with Gasteiger partial charge in [-0.05, 0) is 117 Å². The minimum absolute atomic E-state index is 0. The zero-order chi connectivity index (χ0) is 32.4. The predicted octanol–water partition coefficient (Wildman–Crippen LogP) is 14.0. The number of hydrogen-bond acceptors (Lipinski definition) is 2. The Labute approximate surface area is 299 Å². The summed E-state index contributed by atoms with van der Waals surface area (Å²) in [5.41, 5.74) is 8.85. The molecular formula is C43H68N2Pd. The number of aryl methyl sites for hydroxylation is 4. The molecule has 0 radical (unpaired) electrons. The van der Waals surface area contributed by atoms with Crippen molar-refractivity contribution in [2.45, 2.75) is 176 Å². The van der Waals surface area contributed by atoms with E-state index in [1.807, 2.05) is 6.21 Å². The first kappa shape index (κ1) is 42.2. The fraction of sp³-hybridized carbons (Fsp3) is 0.628. The monoisotopic (exact) mass is 718 g/mol. The fourth-order valence-electron chi connectivity index (χ4n) is 5.99. The summed E-state index contributed by atoms with van der Waals surface area (Å²) >= 11 is 0. The van der Waals surface area contributed by atoms with Crippen LogP contribution in [0, 0.1) is 0 Å². The van der Waals surface area contributed by atoms with Crippen LogP contribution >= 0.6 is 0 Å². The topological polar surface area (TPSA) is 24.7 Å². The van der Waals surface area contributed by atoms with Gasteiger partial charge in [0.15, 0.2) is 0 Å². The SMILES string of the molecule is CCCCCCCC=CC(C=Nc1cc(CCCCC)cc(CCCCC)c1)=Nc1cc(CCCCC)cc(CCCCC)c1.[Pd]. The van der Waals surface area contributed by atoms with Crippen LogP contribution in [0.4, 0.5) is 11.4 Å². The van der Waals surface area contributed by atoms with Gasteiger partial charge in [0.2, 0.25) is 0 Å². The number of aliphatic imine (C=N–C) groups is 2. The van der Waals surface area contributed by atoms with E-state index in [0.29, 0.717) is 0 Å². The molecule has 0 aliphatic carbocycles. The van der Waals surface area contributed by atoms with E-state index in [2.05, 4.69) is 83.2 Å². The second kappa shape index (κ2) is 28.2. The van der Waals surface area contributed by atoms with E-state index in [0.717, 1.165) is 49.2 Å².